The van der Waals surface area contributed by atoms with E-state index in [0.29, 0.717) is 21.7 Å². The van der Waals surface area contributed by atoms with Crippen molar-refractivity contribution in [3.63, 3.8) is 0 Å². The molecule has 110 valence electrons. The number of carbonyl (C=O) groups excluding carboxylic acids is 2. The fourth-order valence-corrected chi connectivity index (χ4v) is 2.86. The number of halogens is 1. The molecule has 0 spiro atoms. The minimum Gasteiger partial charge on any atom is -0.462 e. The molecule has 0 aliphatic heterocycles. The fourth-order valence-electron chi connectivity index (χ4n) is 1.86. The maximum absolute atomic E-state index is 13.0. The van der Waals surface area contributed by atoms with E-state index < -0.39 is 5.97 Å². The van der Waals surface area contributed by atoms with Crippen LogP contribution in [0.5, 0.6) is 0 Å². The van der Waals surface area contributed by atoms with Gasteiger partial charge in [-0.1, -0.05) is 12.1 Å². The maximum atomic E-state index is 13.0. The first-order chi connectivity index (χ1) is 10.0. The Kier molecular flexibility index (Phi) is 4.70. The lowest BCUT2D eigenvalue weighted by Gasteiger charge is -2.07. The Hall–Kier alpha value is -2.21. The molecule has 2 rings (SSSR count). The van der Waals surface area contributed by atoms with E-state index in [1.54, 1.807) is 24.4 Å². The van der Waals surface area contributed by atoms with Crippen LogP contribution in [0.2, 0.25) is 0 Å². The van der Waals surface area contributed by atoms with Gasteiger partial charge < -0.3 is 10.1 Å². The summed E-state index contributed by atoms with van der Waals surface area (Å²) in [6.07, 6.45) is 0. The zero-order valence-electron chi connectivity index (χ0n) is 11.6. The Labute approximate surface area is 125 Å². The highest BCUT2D eigenvalue weighted by Crippen LogP contribution is 2.36. The number of esters is 1. The number of ether oxygens (including phenoxy) is 1. The Balaban J connectivity index is 2.49. The van der Waals surface area contributed by atoms with Gasteiger partial charge in [0, 0.05) is 17.9 Å². The van der Waals surface area contributed by atoms with Crippen molar-refractivity contribution in [2.45, 2.75) is 13.8 Å². The number of hydrogen-bond acceptors (Lipinski definition) is 4. The smallest absolute Gasteiger partial charge is 0.341 e. The largest absolute Gasteiger partial charge is 0.462 e. The number of hydrogen-bond donors (Lipinski definition) is 1. The number of amides is 1. The van der Waals surface area contributed by atoms with Gasteiger partial charge in [-0.2, -0.15) is 0 Å². The summed E-state index contributed by atoms with van der Waals surface area (Å²) < 4.78 is 18.1. The highest BCUT2D eigenvalue weighted by Gasteiger charge is 2.22. The second-order valence-corrected chi connectivity index (χ2v) is 5.14. The van der Waals surface area contributed by atoms with E-state index >= 15 is 0 Å². The van der Waals surface area contributed by atoms with E-state index in [9.17, 15) is 14.0 Å². The second kappa shape index (κ2) is 6.49. The predicted octanol–water partition coefficient (Wildman–Crippen LogP) is 3.69. The number of benzene rings is 1. The molecule has 0 saturated carbocycles. The van der Waals surface area contributed by atoms with Crippen molar-refractivity contribution in [3.05, 3.63) is 41.0 Å². The molecule has 4 nitrogen and oxygen atoms in total. The van der Waals surface area contributed by atoms with Crippen LogP contribution >= 0.6 is 11.3 Å². The molecule has 0 fully saturated rings. The molecule has 1 amide bonds. The van der Waals surface area contributed by atoms with E-state index in [0.717, 1.165) is 0 Å². The number of anilines is 1. The van der Waals surface area contributed by atoms with Gasteiger partial charge in [0.05, 0.1) is 6.61 Å². The molecule has 21 heavy (non-hydrogen) atoms. The topological polar surface area (TPSA) is 55.4 Å². The van der Waals surface area contributed by atoms with Crippen molar-refractivity contribution >= 4 is 28.2 Å². The Morgan fingerprint density at radius 3 is 2.52 bits per heavy atom. The zero-order valence-corrected chi connectivity index (χ0v) is 12.4. The normalized spacial score (nSPS) is 10.2. The molecule has 2 aromatic rings. The van der Waals surface area contributed by atoms with E-state index in [4.69, 9.17) is 4.74 Å². The third kappa shape index (κ3) is 3.46. The second-order valence-electron chi connectivity index (χ2n) is 4.26. The number of carbonyl (C=O) groups is 2. The Bertz CT molecular complexity index is 664. The SMILES string of the molecule is CCOC(=O)c1c(-c2ccc(F)cc2)csc1NC(C)=O. The third-order valence-electron chi connectivity index (χ3n) is 2.72. The summed E-state index contributed by atoms with van der Waals surface area (Å²) in [6, 6.07) is 5.80. The van der Waals surface area contributed by atoms with E-state index in [1.165, 1.54) is 30.4 Å². The Morgan fingerprint density at radius 1 is 1.29 bits per heavy atom. The zero-order chi connectivity index (χ0) is 15.4. The first-order valence-electron chi connectivity index (χ1n) is 6.35. The standard InChI is InChI=1S/C15H14FNO3S/c1-3-20-15(19)13-12(8-21-14(13)17-9(2)18)10-4-6-11(16)7-5-10/h4-8H,3H2,1-2H3,(H,17,18). The van der Waals surface area contributed by atoms with Gasteiger partial charge in [0.25, 0.3) is 0 Å². The molecular formula is C15H14FNO3S. The molecule has 6 heteroatoms. The minimum absolute atomic E-state index is 0.233. The maximum Gasteiger partial charge on any atom is 0.341 e. The molecule has 0 unspecified atom stereocenters. The average Bonchev–Trinajstić information content (AvgIpc) is 2.82. The Morgan fingerprint density at radius 2 is 1.95 bits per heavy atom. The number of thiophene rings is 1. The van der Waals surface area contributed by atoms with E-state index in [1.807, 2.05) is 0 Å². The first-order valence-corrected chi connectivity index (χ1v) is 7.23. The quantitative estimate of drug-likeness (QED) is 0.876. The van der Waals surface area contributed by atoms with Crippen LogP contribution in [-0.2, 0) is 9.53 Å². The molecular weight excluding hydrogens is 293 g/mol. The molecule has 1 N–H and O–H groups in total. The molecule has 0 bridgehead atoms. The van der Waals surface area contributed by atoms with Crippen molar-refractivity contribution in [3.8, 4) is 11.1 Å². The van der Waals surface area contributed by atoms with Crippen molar-refractivity contribution in [1.82, 2.24) is 0 Å². The lowest BCUT2D eigenvalue weighted by atomic mass is 10.0. The first kappa shape index (κ1) is 15.2. The molecule has 0 saturated heterocycles. The summed E-state index contributed by atoms with van der Waals surface area (Å²) in [5, 5.41) is 4.79. The molecule has 0 atom stereocenters. The lowest BCUT2D eigenvalue weighted by molar-refractivity contribution is -0.114. The van der Waals surface area contributed by atoms with Crippen LogP contribution in [0.3, 0.4) is 0 Å². The predicted molar refractivity (Wildman–Crippen MR) is 80.0 cm³/mol. The van der Waals surface area contributed by atoms with Crippen LogP contribution in [-0.4, -0.2) is 18.5 Å². The van der Waals surface area contributed by atoms with Gasteiger partial charge in [0.15, 0.2) is 0 Å². The van der Waals surface area contributed by atoms with Crippen molar-refractivity contribution < 1.29 is 18.7 Å². The summed E-state index contributed by atoms with van der Waals surface area (Å²) in [4.78, 5) is 23.4. The van der Waals surface area contributed by atoms with Crippen LogP contribution in [0.1, 0.15) is 24.2 Å². The fraction of sp³-hybridized carbons (Fsp3) is 0.200. The molecule has 1 heterocycles. The van der Waals surface area contributed by atoms with Crippen molar-refractivity contribution in [2.75, 3.05) is 11.9 Å². The molecule has 1 aromatic heterocycles. The summed E-state index contributed by atoms with van der Waals surface area (Å²) >= 11 is 1.23. The highest BCUT2D eigenvalue weighted by atomic mass is 32.1. The highest BCUT2D eigenvalue weighted by molar-refractivity contribution is 7.15. The minimum atomic E-state index is -0.512. The van der Waals surface area contributed by atoms with Gasteiger partial charge in [-0.25, -0.2) is 9.18 Å². The third-order valence-corrected chi connectivity index (χ3v) is 3.61. The summed E-state index contributed by atoms with van der Waals surface area (Å²) in [7, 11) is 0. The summed E-state index contributed by atoms with van der Waals surface area (Å²) in [5.41, 5.74) is 1.60. The van der Waals surface area contributed by atoms with Crippen molar-refractivity contribution in [1.29, 1.82) is 0 Å². The van der Waals surface area contributed by atoms with Crippen LogP contribution in [0.4, 0.5) is 9.39 Å². The van der Waals surface area contributed by atoms with Gasteiger partial charge in [-0.15, -0.1) is 11.3 Å². The molecule has 1 aromatic carbocycles. The summed E-state index contributed by atoms with van der Waals surface area (Å²) in [6.45, 7) is 3.31. The van der Waals surface area contributed by atoms with Gasteiger partial charge in [-0.3, -0.25) is 4.79 Å². The average molecular weight is 307 g/mol. The summed E-state index contributed by atoms with van der Waals surface area (Å²) in [5.74, 6) is -1.14. The van der Waals surface area contributed by atoms with Gasteiger partial charge >= 0.3 is 5.97 Å². The lowest BCUT2D eigenvalue weighted by Crippen LogP contribution is -2.11. The molecule has 0 radical (unpaired) electrons. The van der Waals surface area contributed by atoms with E-state index in [2.05, 4.69) is 5.32 Å². The van der Waals surface area contributed by atoms with Crippen LogP contribution < -0.4 is 5.32 Å². The van der Waals surface area contributed by atoms with Crippen LogP contribution in [0.25, 0.3) is 11.1 Å². The number of nitrogens with one attached hydrogen (secondary N) is 1. The molecule has 0 aliphatic carbocycles. The van der Waals surface area contributed by atoms with Crippen LogP contribution in [0.15, 0.2) is 29.6 Å². The van der Waals surface area contributed by atoms with Gasteiger partial charge in [0.2, 0.25) is 5.91 Å². The van der Waals surface area contributed by atoms with Gasteiger partial charge in [-0.05, 0) is 24.6 Å². The van der Waals surface area contributed by atoms with E-state index in [-0.39, 0.29) is 18.3 Å². The monoisotopic (exact) mass is 307 g/mol. The van der Waals surface area contributed by atoms with Crippen molar-refractivity contribution in [2.24, 2.45) is 0 Å². The number of rotatable bonds is 4. The van der Waals surface area contributed by atoms with Crippen LogP contribution in [0, 0.1) is 5.82 Å². The van der Waals surface area contributed by atoms with Gasteiger partial charge in [0.1, 0.15) is 16.4 Å². The molecule has 0 aliphatic rings.